The van der Waals surface area contributed by atoms with E-state index in [1.807, 2.05) is 0 Å². The highest BCUT2D eigenvalue weighted by Crippen LogP contribution is 2.17. The van der Waals surface area contributed by atoms with Crippen molar-refractivity contribution < 1.29 is 0 Å². The standard InChI is InChI=1S/C14H30N2/c1-5-8-13(3)11-16-10-7-9-15-14(4,6-2)12-16/h13,15H,5-12H2,1-4H3. The molecule has 1 aliphatic rings. The van der Waals surface area contributed by atoms with Gasteiger partial charge in [0.2, 0.25) is 0 Å². The molecule has 2 unspecified atom stereocenters. The maximum atomic E-state index is 3.70. The molecule has 0 aromatic carbocycles. The third kappa shape index (κ3) is 4.42. The van der Waals surface area contributed by atoms with Crippen LogP contribution in [0.2, 0.25) is 0 Å². The van der Waals surface area contributed by atoms with Gasteiger partial charge in [-0.25, -0.2) is 0 Å². The van der Waals surface area contributed by atoms with Crippen molar-refractivity contribution in [2.24, 2.45) is 5.92 Å². The molecule has 0 radical (unpaired) electrons. The Morgan fingerprint density at radius 3 is 2.75 bits per heavy atom. The van der Waals surface area contributed by atoms with E-state index in [9.17, 15) is 0 Å². The molecule has 0 amide bonds. The van der Waals surface area contributed by atoms with E-state index in [0.29, 0.717) is 5.54 Å². The smallest absolute Gasteiger partial charge is 0.0277 e. The Bertz CT molecular complexity index is 193. The Kier molecular flexibility index (Phi) is 5.77. The molecule has 1 rings (SSSR count). The van der Waals surface area contributed by atoms with Gasteiger partial charge in [0.25, 0.3) is 0 Å². The van der Waals surface area contributed by atoms with E-state index in [2.05, 4.69) is 37.9 Å². The molecule has 16 heavy (non-hydrogen) atoms. The lowest BCUT2D eigenvalue weighted by Gasteiger charge is -2.33. The van der Waals surface area contributed by atoms with E-state index in [-0.39, 0.29) is 0 Å². The lowest BCUT2D eigenvalue weighted by atomic mass is 9.97. The van der Waals surface area contributed by atoms with Crippen LogP contribution in [0.4, 0.5) is 0 Å². The highest BCUT2D eigenvalue weighted by molar-refractivity contribution is 4.88. The van der Waals surface area contributed by atoms with Gasteiger partial charge in [0.1, 0.15) is 0 Å². The summed E-state index contributed by atoms with van der Waals surface area (Å²) in [6.45, 7) is 14.3. The van der Waals surface area contributed by atoms with Crippen LogP contribution >= 0.6 is 0 Å². The number of nitrogens with zero attached hydrogens (tertiary/aromatic N) is 1. The second-order valence-corrected chi connectivity index (χ2v) is 5.82. The first-order valence-corrected chi connectivity index (χ1v) is 7.07. The summed E-state index contributed by atoms with van der Waals surface area (Å²) in [5, 5.41) is 3.70. The molecule has 2 nitrogen and oxygen atoms in total. The van der Waals surface area contributed by atoms with Crippen LogP contribution in [0.1, 0.15) is 53.4 Å². The molecule has 2 atom stereocenters. The molecule has 0 aliphatic carbocycles. The van der Waals surface area contributed by atoms with Crippen molar-refractivity contribution >= 4 is 0 Å². The van der Waals surface area contributed by atoms with Crippen LogP contribution in [0.15, 0.2) is 0 Å². The molecule has 1 heterocycles. The Morgan fingerprint density at radius 1 is 1.38 bits per heavy atom. The molecule has 1 saturated heterocycles. The molecule has 0 bridgehead atoms. The lowest BCUT2D eigenvalue weighted by molar-refractivity contribution is 0.189. The van der Waals surface area contributed by atoms with Crippen molar-refractivity contribution in [3.05, 3.63) is 0 Å². The van der Waals surface area contributed by atoms with Gasteiger partial charge in [0.15, 0.2) is 0 Å². The third-order valence-corrected chi connectivity index (χ3v) is 3.91. The van der Waals surface area contributed by atoms with Gasteiger partial charge in [0, 0.05) is 18.6 Å². The Balaban J connectivity index is 2.45. The third-order valence-electron chi connectivity index (χ3n) is 3.91. The maximum Gasteiger partial charge on any atom is 0.0277 e. The van der Waals surface area contributed by atoms with Crippen molar-refractivity contribution in [3.63, 3.8) is 0 Å². The van der Waals surface area contributed by atoms with Crippen LogP contribution < -0.4 is 5.32 Å². The first-order valence-electron chi connectivity index (χ1n) is 7.07. The molecule has 0 spiro atoms. The molecule has 0 saturated carbocycles. The fourth-order valence-corrected chi connectivity index (χ4v) is 2.74. The average Bonchev–Trinajstić information content (AvgIpc) is 2.41. The first kappa shape index (κ1) is 14.0. The minimum Gasteiger partial charge on any atom is -0.310 e. The molecule has 1 aliphatic heterocycles. The van der Waals surface area contributed by atoms with Gasteiger partial charge >= 0.3 is 0 Å². The van der Waals surface area contributed by atoms with E-state index in [0.717, 1.165) is 5.92 Å². The van der Waals surface area contributed by atoms with Gasteiger partial charge in [0.05, 0.1) is 0 Å². The number of rotatable bonds is 5. The summed E-state index contributed by atoms with van der Waals surface area (Å²) < 4.78 is 0. The predicted octanol–water partition coefficient (Wildman–Crippen LogP) is 2.89. The zero-order valence-corrected chi connectivity index (χ0v) is 11.7. The summed E-state index contributed by atoms with van der Waals surface area (Å²) in [5.41, 5.74) is 0.336. The summed E-state index contributed by atoms with van der Waals surface area (Å²) >= 11 is 0. The number of hydrogen-bond acceptors (Lipinski definition) is 2. The van der Waals surface area contributed by atoms with Crippen molar-refractivity contribution in [1.29, 1.82) is 0 Å². The number of hydrogen-bond donors (Lipinski definition) is 1. The molecule has 0 aromatic rings. The Morgan fingerprint density at radius 2 is 2.12 bits per heavy atom. The summed E-state index contributed by atoms with van der Waals surface area (Å²) in [7, 11) is 0. The zero-order chi connectivity index (χ0) is 12.0. The highest BCUT2D eigenvalue weighted by atomic mass is 15.2. The molecule has 2 heteroatoms. The first-order chi connectivity index (χ1) is 7.59. The van der Waals surface area contributed by atoms with Crippen molar-refractivity contribution in [2.75, 3.05) is 26.2 Å². The molecule has 1 N–H and O–H groups in total. The summed E-state index contributed by atoms with van der Waals surface area (Å²) in [6.07, 6.45) is 5.21. The van der Waals surface area contributed by atoms with E-state index in [1.165, 1.54) is 51.9 Å². The van der Waals surface area contributed by atoms with Gasteiger partial charge in [-0.1, -0.05) is 27.2 Å². The van der Waals surface area contributed by atoms with Crippen molar-refractivity contribution in [1.82, 2.24) is 10.2 Å². The lowest BCUT2D eigenvalue weighted by Crippen LogP contribution is -2.49. The van der Waals surface area contributed by atoms with Crippen LogP contribution in [-0.4, -0.2) is 36.6 Å². The minimum absolute atomic E-state index is 0.336. The van der Waals surface area contributed by atoms with E-state index < -0.39 is 0 Å². The topological polar surface area (TPSA) is 15.3 Å². The highest BCUT2D eigenvalue weighted by Gasteiger charge is 2.27. The SMILES string of the molecule is CCCC(C)CN1CCCNC(C)(CC)C1. The van der Waals surface area contributed by atoms with E-state index in [4.69, 9.17) is 0 Å². The van der Waals surface area contributed by atoms with Gasteiger partial charge < -0.3 is 10.2 Å². The summed E-state index contributed by atoms with van der Waals surface area (Å²) in [5.74, 6) is 0.851. The monoisotopic (exact) mass is 226 g/mol. The van der Waals surface area contributed by atoms with E-state index in [1.54, 1.807) is 0 Å². The second kappa shape index (κ2) is 6.61. The van der Waals surface area contributed by atoms with E-state index >= 15 is 0 Å². The quantitative estimate of drug-likeness (QED) is 0.775. The molecular weight excluding hydrogens is 196 g/mol. The van der Waals surface area contributed by atoms with Gasteiger partial charge in [-0.15, -0.1) is 0 Å². The Hall–Kier alpha value is -0.0800. The predicted molar refractivity (Wildman–Crippen MR) is 71.8 cm³/mol. The van der Waals surface area contributed by atoms with Crippen molar-refractivity contribution in [3.8, 4) is 0 Å². The number of nitrogens with one attached hydrogen (secondary N) is 1. The van der Waals surface area contributed by atoms with Crippen LogP contribution in [0.25, 0.3) is 0 Å². The van der Waals surface area contributed by atoms with Crippen LogP contribution in [0, 0.1) is 5.92 Å². The largest absolute Gasteiger partial charge is 0.310 e. The normalized spacial score (nSPS) is 30.0. The van der Waals surface area contributed by atoms with Gasteiger partial charge in [-0.05, 0) is 45.2 Å². The molecule has 1 fully saturated rings. The molecule has 0 aromatic heterocycles. The van der Waals surface area contributed by atoms with Crippen molar-refractivity contribution in [2.45, 2.75) is 58.9 Å². The summed E-state index contributed by atoms with van der Waals surface area (Å²) in [6, 6.07) is 0. The fraction of sp³-hybridized carbons (Fsp3) is 1.00. The van der Waals surface area contributed by atoms with Crippen LogP contribution in [0.5, 0.6) is 0 Å². The zero-order valence-electron chi connectivity index (χ0n) is 11.7. The minimum atomic E-state index is 0.336. The van der Waals surface area contributed by atoms with Crippen LogP contribution in [-0.2, 0) is 0 Å². The summed E-state index contributed by atoms with van der Waals surface area (Å²) in [4.78, 5) is 2.67. The molecule has 96 valence electrons. The van der Waals surface area contributed by atoms with Gasteiger partial charge in [-0.2, -0.15) is 0 Å². The van der Waals surface area contributed by atoms with Gasteiger partial charge in [-0.3, -0.25) is 0 Å². The Labute approximate surface area is 102 Å². The maximum absolute atomic E-state index is 3.70. The van der Waals surface area contributed by atoms with Crippen LogP contribution in [0.3, 0.4) is 0 Å². The molecular formula is C14H30N2. The second-order valence-electron chi connectivity index (χ2n) is 5.82. The fourth-order valence-electron chi connectivity index (χ4n) is 2.74. The average molecular weight is 226 g/mol.